The van der Waals surface area contributed by atoms with E-state index >= 15 is 0 Å². The minimum absolute atomic E-state index is 0.903. The lowest BCUT2D eigenvalue weighted by atomic mass is 10.1. The quantitative estimate of drug-likeness (QED) is 0.741. The van der Waals surface area contributed by atoms with E-state index in [0.29, 0.717) is 0 Å². The van der Waals surface area contributed by atoms with E-state index in [-0.39, 0.29) is 0 Å². The number of nitrogens with zero attached hydrogens (tertiary/aromatic N) is 3. The van der Waals surface area contributed by atoms with E-state index in [2.05, 4.69) is 62.9 Å². The van der Waals surface area contributed by atoms with Gasteiger partial charge in [0.05, 0.1) is 11.0 Å². The largest absolute Gasteiger partial charge is 0.338 e. The van der Waals surface area contributed by atoms with Crippen LogP contribution < -0.4 is 0 Å². The molecule has 1 N–H and O–H groups in total. The Hall–Kier alpha value is -2.61. The summed E-state index contributed by atoms with van der Waals surface area (Å²) >= 11 is 0. The Labute approximate surface area is 154 Å². The fourth-order valence-electron chi connectivity index (χ4n) is 3.25. The number of imidazole rings is 1. The molecule has 0 atom stereocenters. The molecule has 0 aliphatic carbocycles. The first-order valence-corrected chi connectivity index (χ1v) is 9.23. The third kappa shape index (κ3) is 3.96. The van der Waals surface area contributed by atoms with Crippen LogP contribution in [0.2, 0.25) is 0 Å². The molecule has 1 aromatic heterocycles. The average Bonchev–Trinajstić information content (AvgIpc) is 3.11. The molecule has 0 bridgehead atoms. The van der Waals surface area contributed by atoms with Gasteiger partial charge in [-0.3, -0.25) is 4.90 Å². The van der Waals surface area contributed by atoms with Crippen LogP contribution in [0.5, 0.6) is 0 Å². The summed E-state index contributed by atoms with van der Waals surface area (Å²) in [6.07, 6.45) is 0.926. The Balaban J connectivity index is 1.36. The molecule has 26 heavy (non-hydrogen) atoms. The highest BCUT2D eigenvalue weighted by molar-refractivity contribution is 5.79. The van der Waals surface area contributed by atoms with Gasteiger partial charge in [-0.1, -0.05) is 36.1 Å². The number of fused-ring (bicyclic) bond motifs is 1. The number of H-pyrrole nitrogens is 1. The minimum Gasteiger partial charge on any atom is -0.338 e. The summed E-state index contributed by atoms with van der Waals surface area (Å²) in [5, 5.41) is 0. The van der Waals surface area contributed by atoms with Crippen LogP contribution >= 0.6 is 0 Å². The van der Waals surface area contributed by atoms with E-state index < -0.39 is 0 Å². The van der Waals surface area contributed by atoms with Crippen molar-refractivity contribution in [1.82, 2.24) is 19.8 Å². The van der Waals surface area contributed by atoms with Gasteiger partial charge in [0.2, 0.25) is 0 Å². The first-order valence-electron chi connectivity index (χ1n) is 9.23. The van der Waals surface area contributed by atoms with Gasteiger partial charge in [0.25, 0.3) is 0 Å². The van der Waals surface area contributed by atoms with E-state index in [9.17, 15) is 0 Å². The van der Waals surface area contributed by atoms with Crippen LogP contribution in [0.3, 0.4) is 0 Å². The average molecular weight is 344 g/mol. The summed E-state index contributed by atoms with van der Waals surface area (Å²) in [7, 11) is 2.19. The van der Waals surface area contributed by atoms with E-state index in [0.717, 1.165) is 67.1 Å². The number of aromatic nitrogens is 2. The van der Waals surface area contributed by atoms with Crippen LogP contribution in [0.25, 0.3) is 22.4 Å². The van der Waals surface area contributed by atoms with Gasteiger partial charge in [0, 0.05) is 50.3 Å². The van der Waals surface area contributed by atoms with Crippen molar-refractivity contribution >= 4 is 11.0 Å². The number of rotatable bonds is 3. The van der Waals surface area contributed by atoms with Gasteiger partial charge >= 0.3 is 0 Å². The molecule has 0 amide bonds. The topological polar surface area (TPSA) is 35.2 Å². The van der Waals surface area contributed by atoms with Crippen molar-refractivity contribution in [2.45, 2.75) is 6.42 Å². The van der Waals surface area contributed by atoms with Crippen LogP contribution in [0.4, 0.5) is 0 Å². The van der Waals surface area contributed by atoms with Gasteiger partial charge < -0.3 is 9.88 Å². The van der Waals surface area contributed by atoms with Crippen molar-refractivity contribution in [3.63, 3.8) is 0 Å². The summed E-state index contributed by atoms with van der Waals surface area (Å²) in [6.45, 7) is 5.71. The fraction of sp³-hybridized carbons (Fsp3) is 0.318. The number of hydrogen-bond donors (Lipinski definition) is 1. The molecule has 1 saturated heterocycles. The Bertz CT molecular complexity index is 889. The van der Waals surface area contributed by atoms with Crippen LogP contribution in [0.1, 0.15) is 12.0 Å². The first kappa shape index (κ1) is 16.8. The van der Waals surface area contributed by atoms with Gasteiger partial charge in [-0.15, -0.1) is 0 Å². The van der Waals surface area contributed by atoms with Gasteiger partial charge in [-0.05, 0) is 31.3 Å². The highest BCUT2D eigenvalue weighted by Gasteiger charge is 2.12. The van der Waals surface area contributed by atoms with Gasteiger partial charge in [0.1, 0.15) is 5.82 Å². The number of piperazine rings is 1. The van der Waals surface area contributed by atoms with Crippen molar-refractivity contribution in [1.29, 1.82) is 0 Å². The molecule has 1 aliphatic heterocycles. The molecule has 2 aromatic carbocycles. The third-order valence-corrected chi connectivity index (χ3v) is 4.93. The molecule has 1 aliphatic rings. The van der Waals surface area contributed by atoms with Crippen LogP contribution in [0.15, 0.2) is 48.5 Å². The van der Waals surface area contributed by atoms with E-state index in [1.54, 1.807) is 0 Å². The summed E-state index contributed by atoms with van der Waals surface area (Å²) in [4.78, 5) is 12.9. The standard InChI is InChI=1S/C22H24N4/c1-25-14-16-26(17-15-25)13-5-4-6-18-9-11-19(12-10-18)22-23-20-7-2-3-8-21(20)24-22/h2-3,7-12H,5,13-17H2,1H3,(H,23,24). The molecule has 1 fully saturated rings. The first-order chi connectivity index (χ1) is 12.8. The lowest BCUT2D eigenvalue weighted by Gasteiger charge is -2.31. The SMILES string of the molecule is CN1CCN(CCC#Cc2ccc(-c3nc4ccccc4[nH]3)cc2)CC1. The van der Waals surface area contributed by atoms with Gasteiger partial charge in [0.15, 0.2) is 0 Å². The second-order valence-electron chi connectivity index (χ2n) is 6.88. The molecule has 2 heterocycles. The van der Waals surface area contributed by atoms with Crippen molar-refractivity contribution in [2.75, 3.05) is 39.8 Å². The molecule has 4 rings (SSSR count). The molecule has 0 spiro atoms. The Morgan fingerprint density at radius 3 is 2.54 bits per heavy atom. The molecular formula is C22H24N4. The zero-order valence-electron chi connectivity index (χ0n) is 15.2. The zero-order valence-corrected chi connectivity index (χ0v) is 15.2. The lowest BCUT2D eigenvalue weighted by molar-refractivity contribution is 0.157. The number of aromatic amines is 1. The van der Waals surface area contributed by atoms with Crippen molar-refractivity contribution in [3.05, 3.63) is 54.1 Å². The lowest BCUT2D eigenvalue weighted by Crippen LogP contribution is -2.44. The number of benzene rings is 2. The van der Waals surface area contributed by atoms with E-state index in [1.165, 1.54) is 0 Å². The third-order valence-electron chi connectivity index (χ3n) is 4.93. The predicted molar refractivity (Wildman–Crippen MR) is 107 cm³/mol. The summed E-state index contributed by atoms with van der Waals surface area (Å²) in [5.41, 5.74) is 4.21. The normalized spacial score (nSPS) is 15.7. The molecule has 4 nitrogen and oxygen atoms in total. The summed E-state index contributed by atoms with van der Waals surface area (Å²) in [6, 6.07) is 16.4. The molecule has 4 heteroatoms. The molecule has 3 aromatic rings. The van der Waals surface area contributed by atoms with Crippen LogP contribution in [-0.4, -0.2) is 59.5 Å². The zero-order chi connectivity index (χ0) is 17.8. The van der Waals surface area contributed by atoms with Crippen molar-refractivity contribution < 1.29 is 0 Å². The fourth-order valence-corrected chi connectivity index (χ4v) is 3.25. The molecule has 0 unspecified atom stereocenters. The highest BCUT2D eigenvalue weighted by atomic mass is 15.2. The van der Waals surface area contributed by atoms with Crippen LogP contribution in [-0.2, 0) is 0 Å². The van der Waals surface area contributed by atoms with E-state index in [1.807, 2.05) is 24.3 Å². The molecular weight excluding hydrogens is 320 g/mol. The van der Waals surface area contributed by atoms with Crippen LogP contribution in [0, 0.1) is 11.8 Å². The maximum absolute atomic E-state index is 4.64. The Morgan fingerprint density at radius 1 is 1.00 bits per heavy atom. The molecule has 0 saturated carbocycles. The monoisotopic (exact) mass is 344 g/mol. The second kappa shape index (κ2) is 7.74. The highest BCUT2D eigenvalue weighted by Crippen LogP contribution is 2.20. The maximum atomic E-state index is 4.64. The number of likely N-dealkylation sites (N-methyl/N-ethyl adjacent to an activating group) is 1. The summed E-state index contributed by atoms with van der Waals surface area (Å²) in [5.74, 6) is 7.50. The molecule has 0 radical (unpaired) electrons. The second-order valence-corrected chi connectivity index (χ2v) is 6.88. The number of hydrogen-bond acceptors (Lipinski definition) is 3. The number of nitrogens with one attached hydrogen (secondary N) is 1. The Kier molecular flexibility index (Phi) is 5.01. The summed E-state index contributed by atoms with van der Waals surface area (Å²) < 4.78 is 0. The van der Waals surface area contributed by atoms with Gasteiger partial charge in [-0.25, -0.2) is 4.98 Å². The predicted octanol–water partition coefficient (Wildman–Crippen LogP) is 3.22. The van der Waals surface area contributed by atoms with Gasteiger partial charge in [-0.2, -0.15) is 0 Å². The molecule has 132 valence electrons. The number of para-hydroxylation sites is 2. The Morgan fingerprint density at radius 2 is 1.77 bits per heavy atom. The minimum atomic E-state index is 0.903. The maximum Gasteiger partial charge on any atom is 0.138 e. The smallest absolute Gasteiger partial charge is 0.138 e. The van der Waals surface area contributed by atoms with E-state index in [4.69, 9.17) is 0 Å². The van der Waals surface area contributed by atoms with Crippen molar-refractivity contribution in [3.8, 4) is 23.2 Å². The van der Waals surface area contributed by atoms with Crippen molar-refractivity contribution in [2.24, 2.45) is 0 Å².